The first-order valence-electron chi connectivity index (χ1n) is 11.3. The van der Waals surface area contributed by atoms with Gasteiger partial charge in [-0.3, -0.25) is 0 Å². The average molecular weight is 431 g/mol. The van der Waals surface area contributed by atoms with Gasteiger partial charge in [0.2, 0.25) is 0 Å². The minimum absolute atomic E-state index is 0.359. The number of alkyl carbamates (subject to hydrolysis) is 2. The second-order valence-electron chi connectivity index (χ2n) is 9.35. The number of rotatable bonds is 8. The molecule has 0 bridgehead atoms. The summed E-state index contributed by atoms with van der Waals surface area (Å²) in [4.78, 5) is 23.2. The lowest BCUT2D eigenvalue weighted by Crippen LogP contribution is -2.54. The van der Waals surface area contributed by atoms with Crippen molar-refractivity contribution in [3.05, 3.63) is 0 Å². The molecule has 1 rings (SSSR count). The molecule has 0 aromatic rings. The molecule has 8 nitrogen and oxygen atoms in total. The molecule has 0 aromatic heterocycles. The van der Waals surface area contributed by atoms with Gasteiger partial charge in [-0.15, -0.1) is 0 Å². The molecule has 2 unspecified atom stereocenters. The number of amides is 2. The van der Waals surface area contributed by atoms with Gasteiger partial charge < -0.3 is 30.7 Å². The Morgan fingerprint density at radius 3 is 1.37 bits per heavy atom. The highest BCUT2D eigenvalue weighted by molar-refractivity contribution is 5.67. The molecule has 0 aromatic carbocycles. The maximum atomic E-state index is 11.6. The number of hydrogen-bond donors (Lipinski definition) is 4. The molecule has 1 aliphatic heterocycles. The van der Waals surface area contributed by atoms with E-state index in [1.54, 1.807) is 0 Å². The molecule has 2 amide bonds. The van der Waals surface area contributed by atoms with E-state index in [1.165, 1.54) is 0 Å². The highest BCUT2D eigenvalue weighted by Crippen LogP contribution is 2.08. The van der Waals surface area contributed by atoms with Crippen molar-refractivity contribution in [1.29, 1.82) is 0 Å². The van der Waals surface area contributed by atoms with Gasteiger partial charge in [-0.1, -0.05) is 13.8 Å². The predicted octanol–water partition coefficient (Wildman–Crippen LogP) is 3.55. The zero-order chi connectivity index (χ0) is 23.2. The number of nitrogens with one attached hydrogen (secondary N) is 4. The topological polar surface area (TPSA) is 101 Å². The number of hydrogen-bond acceptors (Lipinski definition) is 6. The van der Waals surface area contributed by atoms with Crippen LogP contribution in [-0.2, 0) is 9.47 Å². The first-order valence-corrected chi connectivity index (χ1v) is 11.3. The van der Waals surface area contributed by atoms with Crippen molar-refractivity contribution < 1.29 is 19.1 Å². The molecule has 0 radical (unpaired) electrons. The van der Waals surface area contributed by atoms with Crippen LogP contribution in [0.2, 0.25) is 0 Å². The molecule has 8 heteroatoms. The van der Waals surface area contributed by atoms with E-state index in [1.807, 2.05) is 55.4 Å². The summed E-state index contributed by atoms with van der Waals surface area (Å²) in [6.45, 7) is 18.2. The smallest absolute Gasteiger partial charge is 0.407 e. The number of carbonyl (C=O) groups excluding carboxylic acids is 2. The normalized spacial score (nSPS) is 19.2. The monoisotopic (exact) mass is 430 g/mol. The second-order valence-corrected chi connectivity index (χ2v) is 9.35. The first kappa shape index (κ1) is 28.5. The van der Waals surface area contributed by atoms with E-state index < -0.39 is 11.2 Å². The fraction of sp³-hybridized carbons (Fsp3) is 0.909. The van der Waals surface area contributed by atoms with Crippen molar-refractivity contribution >= 4 is 12.2 Å². The zero-order valence-corrected chi connectivity index (χ0v) is 20.4. The Labute approximate surface area is 183 Å². The van der Waals surface area contributed by atoms with Gasteiger partial charge in [0.25, 0.3) is 0 Å². The third-order valence-electron chi connectivity index (χ3n) is 4.10. The van der Waals surface area contributed by atoms with Crippen molar-refractivity contribution in [1.82, 2.24) is 21.3 Å². The maximum Gasteiger partial charge on any atom is 0.407 e. The van der Waals surface area contributed by atoms with E-state index in [0.717, 1.165) is 38.8 Å². The van der Waals surface area contributed by atoms with Crippen molar-refractivity contribution in [2.45, 2.75) is 104 Å². The highest BCUT2D eigenvalue weighted by atomic mass is 16.6. The zero-order valence-electron chi connectivity index (χ0n) is 20.4. The lowest BCUT2D eigenvalue weighted by Gasteiger charge is -2.31. The number of carbonyl (C=O) groups is 2. The van der Waals surface area contributed by atoms with Gasteiger partial charge in [-0.05, 0) is 67.2 Å². The fourth-order valence-electron chi connectivity index (χ4n) is 2.88. The Morgan fingerprint density at radius 2 is 1.10 bits per heavy atom. The Bertz CT molecular complexity index is 435. The van der Waals surface area contributed by atoms with Gasteiger partial charge in [-0.2, -0.15) is 0 Å². The van der Waals surface area contributed by atoms with Crippen LogP contribution >= 0.6 is 0 Å². The van der Waals surface area contributed by atoms with Gasteiger partial charge in [0.15, 0.2) is 0 Å². The summed E-state index contributed by atoms with van der Waals surface area (Å²) < 4.78 is 10.4. The van der Waals surface area contributed by atoms with E-state index in [9.17, 15) is 9.59 Å². The fourth-order valence-corrected chi connectivity index (χ4v) is 2.88. The highest BCUT2D eigenvalue weighted by Gasteiger charge is 2.20. The van der Waals surface area contributed by atoms with Crippen LogP contribution in [0.5, 0.6) is 0 Å². The van der Waals surface area contributed by atoms with Crippen LogP contribution in [0.4, 0.5) is 9.59 Å². The van der Waals surface area contributed by atoms with Gasteiger partial charge in [0.05, 0.1) is 0 Å². The van der Waals surface area contributed by atoms with Crippen LogP contribution in [0.25, 0.3) is 0 Å². The van der Waals surface area contributed by atoms with E-state index in [-0.39, 0.29) is 12.2 Å². The van der Waals surface area contributed by atoms with Gasteiger partial charge in [0, 0.05) is 38.3 Å². The SMILES string of the molecule is CC.CC(C)(C)OC(=O)NCCCC1CNC(CCCNC(=O)OC(C)(C)C)CN1. The van der Waals surface area contributed by atoms with Crippen LogP contribution in [0, 0.1) is 0 Å². The van der Waals surface area contributed by atoms with Crippen molar-refractivity contribution in [2.75, 3.05) is 26.2 Å². The number of ether oxygens (including phenoxy) is 2. The van der Waals surface area contributed by atoms with Crippen molar-refractivity contribution in [3.8, 4) is 0 Å². The maximum absolute atomic E-state index is 11.6. The molecule has 1 aliphatic rings. The van der Waals surface area contributed by atoms with E-state index >= 15 is 0 Å². The minimum Gasteiger partial charge on any atom is -0.444 e. The van der Waals surface area contributed by atoms with Crippen LogP contribution in [-0.4, -0.2) is 61.7 Å². The standard InChI is InChI=1S/C20H40N4O4.C2H6/c1-19(2,3)27-17(25)21-11-7-9-15-13-24-16(14-23-15)10-8-12-22-18(26)28-20(4,5)6;1-2/h15-16,23-24H,7-14H2,1-6H3,(H,21,25)(H,22,26);1-2H3. The van der Waals surface area contributed by atoms with Gasteiger partial charge >= 0.3 is 12.2 Å². The van der Waals surface area contributed by atoms with Crippen molar-refractivity contribution in [2.24, 2.45) is 0 Å². The third-order valence-corrected chi connectivity index (χ3v) is 4.10. The minimum atomic E-state index is -0.462. The average Bonchev–Trinajstić information content (AvgIpc) is 2.62. The lowest BCUT2D eigenvalue weighted by atomic mass is 10.0. The van der Waals surface area contributed by atoms with E-state index in [0.29, 0.717) is 25.2 Å². The molecule has 0 saturated carbocycles. The summed E-state index contributed by atoms with van der Waals surface area (Å²) in [7, 11) is 0. The molecule has 1 saturated heterocycles. The summed E-state index contributed by atoms with van der Waals surface area (Å²) in [6, 6.07) is 0.827. The molecule has 1 heterocycles. The Kier molecular flexibility index (Phi) is 13.7. The Hall–Kier alpha value is -1.54. The summed E-state index contributed by atoms with van der Waals surface area (Å²) >= 11 is 0. The molecule has 30 heavy (non-hydrogen) atoms. The second kappa shape index (κ2) is 14.5. The summed E-state index contributed by atoms with van der Waals surface area (Å²) in [5.41, 5.74) is -0.924. The van der Waals surface area contributed by atoms with Crippen LogP contribution in [0.1, 0.15) is 81.1 Å². The van der Waals surface area contributed by atoms with Crippen LogP contribution < -0.4 is 21.3 Å². The molecule has 2 atom stereocenters. The molecule has 1 fully saturated rings. The quantitative estimate of drug-likeness (QED) is 0.439. The Balaban J connectivity index is 0.00000407. The van der Waals surface area contributed by atoms with Crippen LogP contribution in [0.3, 0.4) is 0 Å². The van der Waals surface area contributed by atoms with E-state index in [4.69, 9.17) is 9.47 Å². The van der Waals surface area contributed by atoms with Gasteiger partial charge in [0.1, 0.15) is 11.2 Å². The Morgan fingerprint density at radius 1 is 0.767 bits per heavy atom. The van der Waals surface area contributed by atoms with E-state index in [2.05, 4.69) is 21.3 Å². The first-order chi connectivity index (χ1) is 13.9. The molecule has 0 aliphatic carbocycles. The molecular formula is C22H46N4O4. The molecule has 178 valence electrons. The number of piperazine rings is 1. The van der Waals surface area contributed by atoms with Crippen LogP contribution in [0.15, 0.2) is 0 Å². The predicted molar refractivity (Wildman–Crippen MR) is 122 cm³/mol. The summed E-state index contributed by atoms with van der Waals surface area (Å²) in [6.07, 6.45) is 3.09. The van der Waals surface area contributed by atoms with Crippen molar-refractivity contribution in [3.63, 3.8) is 0 Å². The summed E-state index contributed by atoms with van der Waals surface area (Å²) in [5.74, 6) is 0. The molecule has 0 spiro atoms. The lowest BCUT2D eigenvalue weighted by molar-refractivity contribution is 0.0514. The largest absolute Gasteiger partial charge is 0.444 e. The van der Waals surface area contributed by atoms with Gasteiger partial charge in [-0.25, -0.2) is 9.59 Å². The summed E-state index contributed by atoms with van der Waals surface area (Å²) in [5, 5.41) is 12.7. The molecular weight excluding hydrogens is 384 g/mol. The molecule has 4 N–H and O–H groups in total. The third kappa shape index (κ3) is 16.3.